The largest absolute Gasteiger partial charge is 0.382 e. The average molecular weight is 179 g/mol. The van der Waals surface area contributed by atoms with Crippen molar-refractivity contribution in [1.29, 1.82) is 0 Å². The van der Waals surface area contributed by atoms with Crippen LogP contribution in [0.5, 0.6) is 0 Å². The number of para-hydroxylation sites is 1. The smallest absolute Gasteiger partial charge is 0.146 e. The monoisotopic (exact) mass is 179 g/mol. The number of fused-ring (bicyclic) bond motifs is 1. The van der Waals surface area contributed by atoms with E-state index in [0.29, 0.717) is 5.69 Å². The van der Waals surface area contributed by atoms with Crippen molar-refractivity contribution in [1.82, 2.24) is 0 Å². The fraction of sp³-hybridized carbons (Fsp3) is 0.455. The Balaban J connectivity index is 2.55. The summed E-state index contributed by atoms with van der Waals surface area (Å²) in [5.74, 6) is -0.130. The van der Waals surface area contributed by atoms with Crippen molar-refractivity contribution in [3.8, 4) is 0 Å². The minimum atomic E-state index is -0.130. The van der Waals surface area contributed by atoms with Gasteiger partial charge in [0.2, 0.25) is 0 Å². The second-order valence-corrected chi connectivity index (χ2v) is 3.93. The van der Waals surface area contributed by atoms with Crippen LogP contribution >= 0.6 is 0 Å². The number of rotatable bonds is 1. The van der Waals surface area contributed by atoms with Crippen LogP contribution in [-0.4, -0.2) is 6.54 Å². The first-order chi connectivity index (χ1) is 6.17. The molecule has 2 heteroatoms. The molecule has 0 aliphatic carbocycles. The predicted octanol–water partition coefficient (Wildman–Crippen LogP) is 2.92. The van der Waals surface area contributed by atoms with Gasteiger partial charge >= 0.3 is 0 Å². The number of hydrogen-bond donors (Lipinski definition) is 1. The Labute approximate surface area is 78.0 Å². The van der Waals surface area contributed by atoms with Crippen molar-refractivity contribution >= 4 is 5.69 Å². The highest BCUT2D eigenvalue weighted by atomic mass is 19.1. The number of anilines is 1. The van der Waals surface area contributed by atoms with Crippen molar-refractivity contribution in [2.24, 2.45) is 0 Å². The molecule has 0 saturated heterocycles. The number of nitrogens with one attached hydrogen (secondary N) is 1. The highest BCUT2D eigenvalue weighted by Gasteiger charge is 2.33. The maximum atomic E-state index is 13.3. The van der Waals surface area contributed by atoms with Crippen LogP contribution in [0.2, 0.25) is 0 Å². The van der Waals surface area contributed by atoms with Gasteiger partial charge in [-0.25, -0.2) is 4.39 Å². The fourth-order valence-corrected chi connectivity index (χ4v) is 1.90. The van der Waals surface area contributed by atoms with Crippen LogP contribution in [-0.2, 0) is 5.41 Å². The van der Waals surface area contributed by atoms with Crippen LogP contribution < -0.4 is 5.32 Å². The Morgan fingerprint density at radius 2 is 2.31 bits per heavy atom. The molecule has 1 atom stereocenters. The summed E-state index contributed by atoms with van der Waals surface area (Å²) in [6.45, 7) is 5.16. The molecule has 13 heavy (non-hydrogen) atoms. The second kappa shape index (κ2) is 2.72. The lowest BCUT2D eigenvalue weighted by atomic mass is 9.82. The van der Waals surface area contributed by atoms with Gasteiger partial charge in [-0.1, -0.05) is 26.0 Å². The topological polar surface area (TPSA) is 12.0 Å². The zero-order valence-electron chi connectivity index (χ0n) is 8.02. The maximum Gasteiger partial charge on any atom is 0.146 e. The van der Waals surface area contributed by atoms with Gasteiger partial charge in [0.25, 0.3) is 0 Å². The van der Waals surface area contributed by atoms with E-state index in [1.165, 1.54) is 6.07 Å². The van der Waals surface area contributed by atoms with E-state index in [9.17, 15) is 4.39 Å². The summed E-state index contributed by atoms with van der Waals surface area (Å²) >= 11 is 0. The van der Waals surface area contributed by atoms with Gasteiger partial charge in [0.15, 0.2) is 0 Å². The summed E-state index contributed by atoms with van der Waals surface area (Å²) in [7, 11) is 0. The van der Waals surface area contributed by atoms with E-state index in [2.05, 4.69) is 19.2 Å². The van der Waals surface area contributed by atoms with E-state index in [-0.39, 0.29) is 11.2 Å². The molecule has 1 heterocycles. The molecule has 1 aromatic rings. The van der Waals surface area contributed by atoms with Gasteiger partial charge < -0.3 is 5.32 Å². The van der Waals surface area contributed by atoms with Crippen molar-refractivity contribution < 1.29 is 4.39 Å². The Morgan fingerprint density at radius 1 is 1.54 bits per heavy atom. The van der Waals surface area contributed by atoms with Crippen LogP contribution in [0.3, 0.4) is 0 Å². The molecule has 0 saturated carbocycles. The van der Waals surface area contributed by atoms with Gasteiger partial charge in [-0.15, -0.1) is 0 Å². The summed E-state index contributed by atoms with van der Waals surface area (Å²) in [5, 5.41) is 3.13. The lowest BCUT2D eigenvalue weighted by molar-refractivity contribution is 0.503. The third kappa shape index (κ3) is 1.12. The van der Waals surface area contributed by atoms with Crippen LogP contribution in [0.15, 0.2) is 18.2 Å². The Hall–Kier alpha value is -1.05. The minimum absolute atomic E-state index is 0.109. The molecular weight excluding hydrogens is 165 g/mol. The standard InChI is InChI=1S/C11H14FN/c1-3-11(2)7-13-10-8(11)5-4-6-9(10)12/h4-6,13H,3,7H2,1-2H3/t11-/m1/s1. The Bertz CT molecular complexity index is 335. The first-order valence-electron chi connectivity index (χ1n) is 4.70. The molecule has 0 fully saturated rings. The number of halogens is 1. The Morgan fingerprint density at radius 3 is 3.00 bits per heavy atom. The average Bonchev–Trinajstić information content (AvgIpc) is 2.47. The SMILES string of the molecule is CC[C@]1(C)CNc2c(F)cccc21. The molecular formula is C11H14FN. The van der Waals surface area contributed by atoms with Gasteiger partial charge in [-0.3, -0.25) is 0 Å². The highest BCUT2D eigenvalue weighted by molar-refractivity contribution is 5.60. The maximum absolute atomic E-state index is 13.3. The van der Waals surface area contributed by atoms with Gasteiger partial charge in [0, 0.05) is 12.0 Å². The van der Waals surface area contributed by atoms with Gasteiger partial charge in [-0.05, 0) is 18.1 Å². The summed E-state index contributed by atoms with van der Waals surface area (Å²) in [4.78, 5) is 0. The van der Waals surface area contributed by atoms with Crippen LogP contribution in [0.25, 0.3) is 0 Å². The molecule has 0 aromatic heterocycles. The van der Waals surface area contributed by atoms with Crippen LogP contribution in [0, 0.1) is 5.82 Å². The number of hydrogen-bond acceptors (Lipinski definition) is 1. The molecule has 2 rings (SSSR count). The molecule has 0 bridgehead atoms. The predicted molar refractivity (Wildman–Crippen MR) is 52.5 cm³/mol. The molecule has 1 aliphatic rings. The van der Waals surface area contributed by atoms with E-state index in [4.69, 9.17) is 0 Å². The summed E-state index contributed by atoms with van der Waals surface area (Å²) < 4.78 is 13.3. The molecule has 0 amide bonds. The van der Waals surface area contributed by atoms with Crippen molar-refractivity contribution in [2.75, 3.05) is 11.9 Å². The van der Waals surface area contributed by atoms with Gasteiger partial charge in [0.05, 0.1) is 5.69 Å². The normalized spacial score (nSPS) is 25.5. The summed E-state index contributed by atoms with van der Waals surface area (Å²) in [6, 6.07) is 5.31. The zero-order valence-corrected chi connectivity index (χ0v) is 8.02. The zero-order chi connectivity index (χ0) is 9.47. The lowest BCUT2D eigenvalue weighted by Gasteiger charge is -2.21. The minimum Gasteiger partial charge on any atom is -0.382 e. The van der Waals surface area contributed by atoms with E-state index < -0.39 is 0 Å². The van der Waals surface area contributed by atoms with Crippen molar-refractivity contribution in [2.45, 2.75) is 25.7 Å². The molecule has 0 unspecified atom stereocenters. The van der Waals surface area contributed by atoms with Crippen molar-refractivity contribution in [3.63, 3.8) is 0 Å². The third-order valence-corrected chi connectivity index (χ3v) is 3.10. The molecule has 1 aliphatic heterocycles. The summed E-state index contributed by atoms with van der Waals surface area (Å²) in [5.41, 5.74) is 1.93. The van der Waals surface area contributed by atoms with Crippen molar-refractivity contribution in [3.05, 3.63) is 29.6 Å². The molecule has 1 nitrogen and oxygen atoms in total. The first kappa shape index (κ1) is 8.54. The molecule has 1 aromatic carbocycles. The molecule has 0 radical (unpaired) electrons. The highest BCUT2D eigenvalue weighted by Crippen LogP contribution is 2.39. The lowest BCUT2D eigenvalue weighted by Crippen LogP contribution is -2.22. The second-order valence-electron chi connectivity index (χ2n) is 3.93. The molecule has 0 spiro atoms. The van der Waals surface area contributed by atoms with Crippen LogP contribution in [0.4, 0.5) is 10.1 Å². The molecule has 70 valence electrons. The van der Waals surface area contributed by atoms with E-state index in [1.54, 1.807) is 6.07 Å². The third-order valence-electron chi connectivity index (χ3n) is 3.10. The van der Waals surface area contributed by atoms with Gasteiger partial charge in [-0.2, -0.15) is 0 Å². The molecule has 1 N–H and O–H groups in total. The van der Waals surface area contributed by atoms with Gasteiger partial charge in [0.1, 0.15) is 5.82 Å². The van der Waals surface area contributed by atoms with E-state index >= 15 is 0 Å². The first-order valence-corrected chi connectivity index (χ1v) is 4.70. The summed E-state index contributed by atoms with van der Waals surface area (Å²) in [6.07, 6.45) is 1.04. The van der Waals surface area contributed by atoms with E-state index in [0.717, 1.165) is 18.5 Å². The van der Waals surface area contributed by atoms with Crippen LogP contribution in [0.1, 0.15) is 25.8 Å². The fourth-order valence-electron chi connectivity index (χ4n) is 1.90. The van der Waals surface area contributed by atoms with E-state index in [1.807, 2.05) is 6.07 Å². The number of benzene rings is 1. The Kier molecular flexibility index (Phi) is 1.79. The quantitative estimate of drug-likeness (QED) is 0.699.